The first kappa shape index (κ1) is 20.3. The number of hydrogen-bond acceptors (Lipinski definition) is 6. The molecular formula is C22H24ClN5O2. The van der Waals surface area contributed by atoms with Gasteiger partial charge in [0.1, 0.15) is 16.6 Å². The number of nitrogens with zero attached hydrogens (tertiary/aromatic N) is 5. The predicted octanol–water partition coefficient (Wildman–Crippen LogP) is 4.40. The number of aromatic nitrogens is 3. The van der Waals surface area contributed by atoms with Gasteiger partial charge in [-0.2, -0.15) is 0 Å². The molecule has 1 fully saturated rings. The first-order valence-corrected chi connectivity index (χ1v) is 10.3. The zero-order valence-corrected chi connectivity index (χ0v) is 18.1. The average molecular weight is 426 g/mol. The quantitative estimate of drug-likeness (QED) is 0.566. The lowest BCUT2D eigenvalue weighted by Gasteiger charge is -2.36. The fourth-order valence-electron chi connectivity index (χ4n) is 3.42. The number of fused-ring (bicyclic) bond motifs is 1. The summed E-state index contributed by atoms with van der Waals surface area (Å²) in [4.78, 5) is 29.6. The van der Waals surface area contributed by atoms with Crippen LogP contribution in [-0.4, -0.2) is 57.7 Å². The molecule has 0 spiro atoms. The van der Waals surface area contributed by atoms with Gasteiger partial charge in [-0.05, 0) is 45.0 Å². The van der Waals surface area contributed by atoms with E-state index in [0.717, 1.165) is 28.0 Å². The number of amides is 1. The van der Waals surface area contributed by atoms with Crippen molar-refractivity contribution in [3.05, 3.63) is 47.9 Å². The molecule has 0 aromatic carbocycles. The maximum absolute atomic E-state index is 12.2. The summed E-state index contributed by atoms with van der Waals surface area (Å²) in [6.07, 6.45) is 3.28. The van der Waals surface area contributed by atoms with Crippen LogP contribution in [0.1, 0.15) is 20.8 Å². The van der Waals surface area contributed by atoms with Crippen molar-refractivity contribution in [1.82, 2.24) is 19.9 Å². The number of anilines is 1. The minimum absolute atomic E-state index is 0.266. The summed E-state index contributed by atoms with van der Waals surface area (Å²) in [5.41, 5.74) is 1.96. The van der Waals surface area contributed by atoms with Gasteiger partial charge >= 0.3 is 6.09 Å². The molecule has 0 bridgehead atoms. The van der Waals surface area contributed by atoms with Gasteiger partial charge in [-0.3, -0.25) is 4.98 Å². The van der Waals surface area contributed by atoms with E-state index in [4.69, 9.17) is 16.3 Å². The highest BCUT2D eigenvalue weighted by Crippen LogP contribution is 2.28. The number of piperazine rings is 1. The highest BCUT2D eigenvalue weighted by molar-refractivity contribution is 6.30. The maximum atomic E-state index is 12.2. The molecule has 0 aliphatic carbocycles. The van der Waals surface area contributed by atoms with Gasteiger partial charge in [0.05, 0.1) is 11.2 Å². The monoisotopic (exact) mass is 425 g/mol. The summed E-state index contributed by atoms with van der Waals surface area (Å²) in [7, 11) is 0. The Balaban J connectivity index is 1.47. The van der Waals surface area contributed by atoms with Crippen molar-refractivity contribution in [3.63, 3.8) is 0 Å². The molecule has 1 aliphatic heterocycles. The summed E-state index contributed by atoms with van der Waals surface area (Å²) in [5, 5.41) is 1.33. The molecule has 0 atom stereocenters. The third-order valence-electron chi connectivity index (χ3n) is 4.84. The predicted molar refractivity (Wildman–Crippen MR) is 118 cm³/mol. The van der Waals surface area contributed by atoms with Crippen LogP contribution in [-0.2, 0) is 4.74 Å². The molecular weight excluding hydrogens is 402 g/mol. The lowest BCUT2D eigenvalue weighted by Crippen LogP contribution is -2.50. The van der Waals surface area contributed by atoms with E-state index in [2.05, 4.69) is 19.9 Å². The van der Waals surface area contributed by atoms with E-state index >= 15 is 0 Å². The Hall–Kier alpha value is -2.93. The van der Waals surface area contributed by atoms with Crippen LogP contribution in [0.25, 0.3) is 22.2 Å². The van der Waals surface area contributed by atoms with Gasteiger partial charge in [-0.15, -0.1) is 0 Å². The smallest absolute Gasteiger partial charge is 0.410 e. The van der Waals surface area contributed by atoms with Crippen LogP contribution < -0.4 is 4.90 Å². The second-order valence-corrected chi connectivity index (χ2v) is 8.61. The molecule has 3 aromatic heterocycles. The van der Waals surface area contributed by atoms with Crippen LogP contribution in [0.5, 0.6) is 0 Å². The second-order valence-electron chi connectivity index (χ2n) is 8.22. The first-order valence-electron chi connectivity index (χ1n) is 9.91. The van der Waals surface area contributed by atoms with Crippen molar-refractivity contribution in [2.45, 2.75) is 26.4 Å². The fraction of sp³-hybridized carbons (Fsp3) is 0.364. The van der Waals surface area contributed by atoms with Crippen LogP contribution in [0.3, 0.4) is 0 Å². The third-order valence-corrected chi connectivity index (χ3v) is 5.04. The van der Waals surface area contributed by atoms with E-state index in [1.54, 1.807) is 23.4 Å². The molecule has 0 radical (unpaired) electrons. The number of rotatable bonds is 2. The van der Waals surface area contributed by atoms with E-state index in [9.17, 15) is 4.79 Å². The summed E-state index contributed by atoms with van der Waals surface area (Å²) < 4.78 is 5.46. The van der Waals surface area contributed by atoms with E-state index < -0.39 is 5.60 Å². The molecule has 1 saturated heterocycles. The van der Waals surface area contributed by atoms with Crippen molar-refractivity contribution in [2.75, 3.05) is 31.1 Å². The van der Waals surface area contributed by atoms with Crippen molar-refractivity contribution in [2.24, 2.45) is 0 Å². The summed E-state index contributed by atoms with van der Waals surface area (Å²) in [6, 6.07) is 9.58. The molecule has 3 aromatic rings. The van der Waals surface area contributed by atoms with Gasteiger partial charge < -0.3 is 14.5 Å². The molecule has 4 rings (SSSR count). The third kappa shape index (κ3) is 4.46. The van der Waals surface area contributed by atoms with Crippen LogP contribution in [0.4, 0.5) is 10.6 Å². The summed E-state index contributed by atoms with van der Waals surface area (Å²) >= 11 is 6.18. The van der Waals surface area contributed by atoms with Crippen LogP contribution in [0, 0.1) is 0 Å². The Morgan fingerprint density at radius 1 is 1.10 bits per heavy atom. The van der Waals surface area contributed by atoms with Crippen molar-refractivity contribution in [1.29, 1.82) is 0 Å². The highest BCUT2D eigenvalue weighted by Gasteiger charge is 2.26. The second kappa shape index (κ2) is 8.07. The molecule has 0 unspecified atom stereocenters. The Morgan fingerprint density at radius 3 is 2.53 bits per heavy atom. The summed E-state index contributed by atoms with van der Waals surface area (Å²) in [5.74, 6) is 0.868. The Morgan fingerprint density at radius 2 is 1.87 bits per heavy atom. The van der Waals surface area contributed by atoms with Crippen LogP contribution in [0.15, 0.2) is 42.7 Å². The number of carbonyl (C=O) groups is 1. The Bertz CT molecular complexity index is 1060. The molecule has 4 heterocycles. The lowest BCUT2D eigenvalue weighted by molar-refractivity contribution is 0.0240. The van der Waals surface area contributed by atoms with E-state index in [1.807, 2.05) is 45.0 Å². The van der Waals surface area contributed by atoms with Crippen molar-refractivity contribution < 1.29 is 9.53 Å². The van der Waals surface area contributed by atoms with E-state index in [1.165, 1.54) is 0 Å². The highest BCUT2D eigenvalue weighted by atomic mass is 35.5. The summed E-state index contributed by atoms with van der Waals surface area (Å²) in [6.45, 7) is 8.23. The van der Waals surface area contributed by atoms with E-state index in [0.29, 0.717) is 31.3 Å². The molecule has 1 amide bonds. The number of carbonyl (C=O) groups excluding carboxylic acids is 1. The molecule has 0 saturated carbocycles. The Kier molecular flexibility index (Phi) is 5.47. The van der Waals surface area contributed by atoms with Gasteiger partial charge in [-0.25, -0.2) is 14.8 Å². The standard InChI is InChI=1S/C22H24ClN5O2/c1-22(2,3)30-21(29)28-11-9-27(10-12-28)19-7-6-15(14-25-19)20-16-5-4-8-24-17(16)13-18(23)26-20/h4-8,13-14H,9-12H2,1-3H3. The van der Waals surface area contributed by atoms with Gasteiger partial charge in [0.25, 0.3) is 0 Å². The fourth-order valence-corrected chi connectivity index (χ4v) is 3.61. The maximum Gasteiger partial charge on any atom is 0.410 e. The van der Waals surface area contributed by atoms with E-state index in [-0.39, 0.29) is 6.09 Å². The zero-order chi connectivity index (χ0) is 21.3. The SMILES string of the molecule is CC(C)(C)OC(=O)N1CCN(c2ccc(-c3nc(Cl)cc4ncccc34)cn2)CC1. The number of hydrogen-bond donors (Lipinski definition) is 0. The van der Waals surface area contributed by atoms with Crippen molar-refractivity contribution in [3.8, 4) is 11.3 Å². The first-order chi connectivity index (χ1) is 14.3. The van der Waals surface area contributed by atoms with Gasteiger partial charge in [0.15, 0.2) is 0 Å². The largest absolute Gasteiger partial charge is 0.444 e. The molecule has 1 aliphatic rings. The van der Waals surface area contributed by atoms with Crippen molar-refractivity contribution >= 4 is 34.4 Å². The topological polar surface area (TPSA) is 71.5 Å². The average Bonchev–Trinajstić information content (AvgIpc) is 2.72. The lowest BCUT2D eigenvalue weighted by atomic mass is 10.1. The molecule has 7 nitrogen and oxygen atoms in total. The molecule has 0 N–H and O–H groups in total. The number of pyridine rings is 3. The number of halogens is 1. The molecule has 156 valence electrons. The zero-order valence-electron chi connectivity index (χ0n) is 17.3. The van der Waals surface area contributed by atoms with Crippen LogP contribution >= 0.6 is 11.6 Å². The van der Waals surface area contributed by atoms with Gasteiger partial charge in [0, 0.05) is 55.6 Å². The van der Waals surface area contributed by atoms with Gasteiger partial charge in [-0.1, -0.05) is 11.6 Å². The molecule has 8 heteroatoms. The molecule has 30 heavy (non-hydrogen) atoms. The Labute approximate surface area is 180 Å². The minimum atomic E-state index is -0.486. The number of ether oxygens (including phenoxy) is 1. The normalized spacial score (nSPS) is 14.8. The van der Waals surface area contributed by atoms with Crippen LogP contribution in [0.2, 0.25) is 5.15 Å². The minimum Gasteiger partial charge on any atom is -0.444 e. The van der Waals surface area contributed by atoms with Gasteiger partial charge in [0.2, 0.25) is 0 Å².